The SMILES string of the molecule is CNCCc1[nH]nc(-c2ccc3nc(C)[nH]c3c2)c1Br. The third kappa shape index (κ3) is 2.36. The number of aromatic nitrogens is 4. The molecular formula is C14H16BrN5. The van der Waals surface area contributed by atoms with Crippen molar-refractivity contribution in [1.82, 2.24) is 25.5 Å². The fourth-order valence-corrected chi connectivity index (χ4v) is 2.86. The highest BCUT2D eigenvalue weighted by molar-refractivity contribution is 9.10. The monoisotopic (exact) mass is 333 g/mol. The third-order valence-corrected chi connectivity index (χ3v) is 4.13. The van der Waals surface area contributed by atoms with Crippen LogP contribution in [0.4, 0.5) is 0 Å². The molecule has 5 nitrogen and oxygen atoms in total. The first kappa shape index (κ1) is 13.3. The Bertz CT molecular complexity index is 743. The molecule has 6 heteroatoms. The van der Waals surface area contributed by atoms with Crippen molar-refractivity contribution >= 4 is 27.0 Å². The number of likely N-dealkylation sites (N-methyl/N-ethyl adjacent to an activating group) is 1. The molecule has 3 aromatic rings. The molecule has 3 N–H and O–H groups in total. The maximum atomic E-state index is 4.42. The Balaban J connectivity index is 1.99. The summed E-state index contributed by atoms with van der Waals surface area (Å²) in [4.78, 5) is 7.67. The Morgan fingerprint density at radius 3 is 3.00 bits per heavy atom. The predicted molar refractivity (Wildman–Crippen MR) is 83.7 cm³/mol. The van der Waals surface area contributed by atoms with Crippen LogP contribution in [0.5, 0.6) is 0 Å². The second-order valence-corrected chi connectivity index (χ2v) is 5.57. The standard InChI is InChI=1S/C14H16BrN5/c1-8-17-10-4-3-9(7-12(10)18-8)14-13(15)11(19-20-14)5-6-16-2/h3-4,7,16H,5-6H2,1-2H3,(H,17,18)(H,19,20). The van der Waals surface area contributed by atoms with Crippen LogP contribution in [0, 0.1) is 6.92 Å². The highest BCUT2D eigenvalue weighted by atomic mass is 79.9. The van der Waals surface area contributed by atoms with E-state index in [-0.39, 0.29) is 0 Å². The molecule has 0 atom stereocenters. The highest BCUT2D eigenvalue weighted by Gasteiger charge is 2.13. The first-order valence-corrected chi connectivity index (χ1v) is 7.32. The lowest BCUT2D eigenvalue weighted by atomic mass is 10.1. The van der Waals surface area contributed by atoms with E-state index in [1.165, 1.54) is 0 Å². The van der Waals surface area contributed by atoms with Crippen LogP contribution in [0.1, 0.15) is 11.5 Å². The molecule has 0 bridgehead atoms. The van der Waals surface area contributed by atoms with Crippen molar-refractivity contribution in [2.75, 3.05) is 13.6 Å². The molecule has 0 unspecified atom stereocenters. The van der Waals surface area contributed by atoms with Gasteiger partial charge >= 0.3 is 0 Å². The number of benzene rings is 1. The number of fused-ring (bicyclic) bond motifs is 1. The molecule has 0 saturated heterocycles. The van der Waals surface area contributed by atoms with Crippen LogP contribution in [0.25, 0.3) is 22.3 Å². The van der Waals surface area contributed by atoms with Crippen molar-refractivity contribution in [3.05, 3.63) is 34.2 Å². The average Bonchev–Trinajstić information content (AvgIpc) is 2.97. The summed E-state index contributed by atoms with van der Waals surface area (Å²) in [5.74, 6) is 0.924. The second-order valence-electron chi connectivity index (χ2n) is 4.77. The van der Waals surface area contributed by atoms with E-state index in [0.717, 1.165) is 51.2 Å². The normalized spacial score (nSPS) is 11.3. The number of nitrogens with zero attached hydrogens (tertiary/aromatic N) is 2. The summed E-state index contributed by atoms with van der Waals surface area (Å²) in [6.07, 6.45) is 0.912. The molecule has 20 heavy (non-hydrogen) atoms. The summed E-state index contributed by atoms with van der Waals surface area (Å²) in [7, 11) is 1.94. The summed E-state index contributed by atoms with van der Waals surface area (Å²) < 4.78 is 1.03. The topological polar surface area (TPSA) is 69.4 Å². The molecule has 2 heterocycles. The smallest absolute Gasteiger partial charge is 0.107 e. The maximum absolute atomic E-state index is 4.42. The zero-order chi connectivity index (χ0) is 14.1. The number of halogens is 1. The van der Waals surface area contributed by atoms with Crippen molar-refractivity contribution in [3.63, 3.8) is 0 Å². The summed E-state index contributed by atoms with van der Waals surface area (Å²) in [5, 5.41) is 10.7. The molecule has 0 fully saturated rings. The minimum atomic E-state index is 0.912. The Hall–Kier alpha value is -1.66. The summed E-state index contributed by atoms with van der Waals surface area (Å²) >= 11 is 3.64. The van der Waals surface area contributed by atoms with E-state index in [2.05, 4.69) is 47.5 Å². The van der Waals surface area contributed by atoms with Gasteiger partial charge in [0.1, 0.15) is 11.5 Å². The Labute approximate surface area is 125 Å². The van der Waals surface area contributed by atoms with Crippen LogP contribution >= 0.6 is 15.9 Å². The van der Waals surface area contributed by atoms with E-state index in [9.17, 15) is 0 Å². The van der Waals surface area contributed by atoms with Crippen LogP contribution in [0.2, 0.25) is 0 Å². The summed E-state index contributed by atoms with van der Waals surface area (Å²) in [6.45, 7) is 2.87. The van der Waals surface area contributed by atoms with Gasteiger partial charge in [-0.25, -0.2) is 4.98 Å². The second kappa shape index (κ2) is 5.38. The average molecular weight is 334 g/mol. The molecule has 1 aromatic carbocycles. The number of rotatable bonds is 4. The first-order valence-electron chi connectivity index (χ1n) is 6.53. The number of hydrogen-bond donors (Lipinski definition) is 3. The largest absolute Gasteiger partial charge is 0.342 e. The highest BCUT2D eigenvalue weighted by Crippen LogP contribution is 2.30. The number of H-pyrrole nitrogens is 2. The molecule has 2 aromatic heterocycles. The van der Waals surface area contributed by atoms with Gasteiger partial charge in [0.05, 0.1) is 21.2 Å². The van der Waals surface area contributed by atoms with Gasteiger partial charge in [-0.2, -0.15) is 5.10 Å². The molecule has 0 saturated carbocycles. The van der Waals surface area contributed by atoms with E-state index in [0.29, 0.717) is 0 Å². The molecule has 0 aliphatic heterocycles. The van der Waals surface area contributed by atoms with Gasteiger partial charge in [0, 0.05) is 18.5 Å². The van der Waals surface area contributed by atoms with Crippen molar-refractivity contribution in [2.45, 2.75) is 13.3 Å². The van der Waals surface area contributed by atoms with E-state index in [1.807, 2.05) is 26.1 Å². The fraction of sp³-hybridized carbons (Fsp3) is 0.286. The van der Waals surface area contributed by atoms with Crippen molar-refractivity contribution < 1.29 is 0 Å². The van der Waals surface area contributed by atoms with Gasteiger partial charge in [-0.05, 0) is 42.0 Å². The van der Waals surface area contributed by atoms with Crippen molar-refractivity contribution in [2.24, 2.45) is 0 Å². The molecule has 3 rings (SSSR count). The van der Waals surface area contributed by atoms with Crippen molar-refractivity contribution in [1.29, 1.82) is 0 Å². The van der Waals surface area contributed by atoms with Gasteiger partial charge in [-0.3, -0.25) is 5.10 Å². The van der Waals surface area contributed by atoms with Gasteiger partial charge in [0.2, 0.25) is 0 Å². The van der Waals surface area contributed by atoms with Crippen LogP contribution < -0.4 is 5.32 Å². The maximum Gasteiger partial charge on any atom is 0.107 e. The molecule has 0 radical (unpaired) electrons. The Kier molecular flexibility index (Phi) is 3.58. The zero-order valence-corrected chi connectivity index (χ0v) is 13.0. The predicted octanol–water partition coefficient (Wildman–Crippen LogP) is 2.79. The third-order valence-electron chi connectivity index (χ3n) is 3.27. The number of hydrogen-bond acceptors (Lipinski definition) is 3. The first-order chi connectivity index (χ1) is 9.69. The quantitative estimate of drug-likeness (QED) is 0.687. The fourth-order valence-electron chi connectivity index (χ4n) is 2.26. The lowest BCUT2D eigenvalue weighted by molar-refractivity contribution is 0.770. The lowest BCUT2D eigenvalue weighted by Crippen LogP contribution is -2.10. The van der Waals surface area contributed by atoms with Gasteiger partial charge in [0.15, 0.2) is 0 Å². The van der Waals surface area contributed by atoms with E-state index in [4.69, 9.17) is 0 Å². The van der Waals surface area contributed by atoms with E-state index >= 15 is 0 Å². The Morgan fingerprint density at radius 2 is 2.20 bits per heavy atom. The number of aromatic amines is 2. The summed E-state index contributed by atoms with van der Waals surface area (Å²) in [6, 6.07) is 6.14. The number of aryl methyl sites for hydroxylation is 1. The molecule has 0 aliphatic rings. The van der Waals surface area contributed by atoms with Crippen LogP contribution in [-0.2, 0) is 6.42 Å². The molecule has 0 amide bonds. The van der Waals surface area contributed by atoms with Crippen LogP contribution in [0.3, 0.4) is 0 Å². The minimum absolute atomic E-state index is 0.912. The molecular weight excluding hydrogens is 318 g/mol. The van der Waals surface area contributed by atoms with Crippen LogP contribution in [-0.4, -0.2) is 33.8 Å². The lowest BCUT2D eigenvalue weighted by Gasteiger charge is -2.00. The minimum Gasteiger partial charge on any atom is -0.342 e. The van der Waals surface area contributed by atoms with Gasteiger partial charge < -0.3 is 10.3 Å². The van der Waals surface area contributed by atoms with Gasteiger partial charge in [0.25, 0.3) is 0 Å². The van der Waals surface area contributed by atoms with Gasteiger partial charge in [-0.15, -0.1) is 0 Å². The molecule has 0 spiro atoms. The van der Waals surface area contributed by atoms with E-state index in [1.54, 1.807) is 0 Å². The molecule has 0 aliphatic carbocycles. The number of nitrogens with one attached hydrogen (secondary N) is 3. The van der Waals surface area contributed by atoms with Crippen molar-refractivity contribution in [3.8, 4) is 11.3 Å². The zero-order valence-electron chi connectivity index (χ0n) is 11.4. The van der Waals surface area contributed by atoms with E-state index < -0.39 is 0 Å². The number of imidazole rings is 1. The summed E-state index contributed by atoms with van der Waals surface area (Å²) in [5.41, 5.74) is 5.13. The van der Waals surface area contributed by atoms with Crippen LogP contribution in [0.15, 0.2) is 22.7 Å². The molecule has 104 valence electrons. The Morgan fingerprint density at radius 1 is 1.35 bits per heavy atom. The van der Waals surface area contributed by atoms with Gasteiger partial charge in [-0.1, -0.05) is 6.07 Å².